The number of carbonyl (C=O) groups is 3. The van der Waals surface area contributed by atoms with Gasteiger partial charge in [-0.2, -0.15) is 0 Å². The summed E-state index contributed by atoms with van der Waals surface area (Å²) < 4.78 is 0. The summed E-state index contributed by atoms with van der Waals surface area (Å²) in [6.45, 7) is 7.45. The highest BCUT2D eigenvalue weighted by molar-refractivity contribution is 6.00. The number of nitrogens with zero attached hydrogens (tertiary/aromatic N) is 1. The van der Waals surface area contributed by atoms with E-state index in [1.165, 1.54) is 56.3 Å². The predicted molar refractivity (Wildman–Crippen MR) is 147 cm³/mol. The van der Waals surface area contributed by atoms with Crippen molar-refractivity contribution >= 4 is 17.7 Å². The van der Waals surface area contributed by atoms with E-state index in [0.29, 0.717) is 38.8 Å². The first-order chi connectivity index (χ1) is 17.0. The number of imide groups is 1. The van der Waals surface area contributed by atoms with Crippen molar-refractivity contribution in [1.82, 2.24) is 10.2 Å². The van der Waals surface area contributed by atoms with E-state index >= 15 is 0 Å². The number of unbranched alkanes of at least 4 members (excludes halogenated alkanes) is 13. The van der Waals surface area contributed by atoms with Gasteiger partial charge in [0, 0.05) is 19.4 Å². The van der Waals surface area contributed by atoms with Crippen LogP contribution in [0.1, 0.15) is 149 Å². The number of rotatable bonds is 24. The summed E-state index contributed by atoms with van der Waals surface area (Å²) >= 11 is 0. The number of hydrogen-bond donors (Lipinski definition) is 2. The fraction of sp³-hybridized carbons (Fsp3) is 0.897. The Morgan fingerprint density at radius 1 is 0.629 bits per heavy atom. The minimum absolute atomic E-state index is 0.206. The highest BCUT2D eigenvalue weighted by atomic mass is 16.2. The molecule has 0 spiro atoms. The van der Waals surface area contributed by atoms with Gasteiger partial charge in [-0.05, 0) is 38.6 Å². The maximum absolute atomic E-state index is 13.1. The van der Waals surface area contributed by atoms with E-state index in [1.54, 1.807) is 0 Å². The molecule has 0 radical (unpaired) electrons. The second-order valence-corrected chi connectivity index (χ2v) is 9.99. The van der Waals surface area contributed by atoms with Crippen molar-refractivity contribution < 1.29 is 14.4 Å². The first kappa shape index (κ1) is 33.6. The van der Waals surface area contributed by atoms with Crippen LogP contribution in [-0.2, 0) is 14.4 Å². The average Bonchev–Trinajstić information content (AvgIpc) is 2.85. The molecule has 6 nitrogen and oxygen atoms in total. The third kappa shape index (κ3) is 17.6. The van der Waals surface area contributed by atoms with Crippen molar-refractivity contribution in [3.8, 4) is 0 Å². The lowest BCUT2D eigenvalue weighted by atomic mass is 10.0. The Morgan fingerprint density at radius 2 is 1.06 bits per heavy atom. The standard InChI is InChI=1S/C29H57N3O3/c1-4-7-10-11-12-13-14-15-16-19-25-31-29(35)26(21-20-24-30)32(27(33)22-17-8-5-2)28(34)23-18-9-6-3/h26H,4-25,30H2,1-3H3,(H,31,35). The van der Waals surface area contributed by atoms with Gasteiger partial charge in [-0.15, -0.1) is 0 Å². The lowest BCUT2D eigenvalue weighted by Crippen LogP contribution is -2.52. The van der Waals surface area contributed by atoms with Gasteiger partial charge in [-0.3, -0.25) is 19.3 Å². The zero-order chi connectivity index (χ0) is 26.2. The fourth-order valence-electron chi connectivity index (χ4n) is 4.41. The minimum atomic E-state index is -0.745. The zero-order valence-corrected chi connectivity index (χ0v) is 23.4. The summed E-state index contributed by atoms with van der Waals surface area (Å²) in [6.07, 6.45) is 19.5. The van der Waals surface area contributed by atoms with Gasteiger partial charge in [-0.1, -0.05) is 104 Å². The largest absolute Gasteiger partial charge is 0.354 e. The van der Waals surface area contributed by atoms with Crippen LogP contribution in [0.5, 0.6) is 0 Å². The quantitative estimate of drug-likeness (QED) is 0.147. The van der Waals surface area contributed by atoms with Crippen molar-refractivity contribution in [2.24, 2.45) is 5.73 Å². The molecule has 0 aromatic carbocycles. The summed E-state index contributed by atoms with van der Waals surface area (Å²) in [7, 11) is 0. The summed E-state index contributed by atoms with van der Waals surface area (Å²) in [5.74, 6) is -0.630. The average molecular weight is 496 g/mol. The molecule has 0 bridgehead atoms. The van der Waals surface area contributed by atoms with E-state index in [0.717, 1.165) is 51.4 Å². The van der Waals surface area contributed by atoms with E-state index in [-0.39, 0.29) is 17.7 Å². The van der Waals surface area contributed by atoms with Crippen LogP contribution in [0.2, 0.25) is 0 Å². The Labute approximate surface area is 216 Å². The van der Waals surface area contributed by atoms with Gasteiger partial charge < -0.3 is 11.1 Å². The Hall–Kier alpha value is -1.43. The van der Waals surface area contributed by atoms with Crippen molar-refractivity contribution in [1.29, 1.82) is 0 Å². The Kier molecular flexibility index (Phi) is 23.3. The van der Waals surface area contributed by atoms with Gasteiger partial charge in [0.2, 0.25) is 17.7 Å². The second-order valence-electron chi connectivity index (χ2n) is 9.99. The van der Waals surface area contributed by atoms with Gasteiger partial charge in [0.25, 0.3) is 0 Å². The van der Waals surface area contributed by atoms with Crippen LogP contribution in [0.4, 0.5) is 0 Å². The molecule has 0 rings (SSSR count). The maximum atomic E-state index is 13.1. The zero-order valence-electron chi connectivity index (χ0n) is 23.4. The molecule has 0 saturated carbocycles. The van der Waals surface area contributed by atoms with Gasteiger partial charge in [0.1, 0.15) is 6.04 Å². The lowest BCUT2D eigenvalue weighted by molar-refractivity contribution is -0.152. The molecule has 206 valence electrons. The van der Waals surface area contributed by atoms with Crippen LogP contribution in [-0.4, -0.2) is 41.8 Å². The molecule has 3 amide bonds. The second kappa shape index (κ2) is 24.3. The number of hydrogen-bond acceptors (Lipinski definition) is 4. The molecule has 1 unspecified atom stereocenters. The topological polar surface area (TPSA) is 92.5 Å². The van der Waals surface area contributed by atoms with E-state index in [4.69, 9.17) is 5.73 Å². The highest BCUT2D eigenvalue weighted by Gasteiger charge is 2.33. The van der Waals surface area contributed by atoms with Crippen molar-refractivity contribution in [3.63, 3.8) is 0 Å². The number of nitrogens with two attached hydrogens (primary N) is 1. The molecular formula is C29H57N3O3. The Morgan fingerprint density at radius 3 is 1.51 bits per heavy atom. The summed E-state index contributed by atoms with van der Waals surface area (Å²) in [4.78, 5) is 40.5. The molecule has 1 atom stereocenters. The predicted octanol–water partition coefficient (Wildman–Crippen LogP) is 6.65. The molecule has 0 heterocycles. The third-order valence-corrected chi connectivity index (χ3v) is 6.65. The van der Waals surface area contributed by atoms with Crippen LogP contribution in [0.3, 0.4) is 0 Å². The molecule has 0 aliphatic carbocycles. The lowest BCUT2D eigenvalue weighted by Gasteiger charge is -2.30. The smallest absolute Gasteiger partial charge is 0.243 e. The van der Waals surface area contributed by atoms with Crippen LogP contribution in [0.15, 0.2) is 0 Å². The van der Waals surface area contributed by atoms with E-state index in [1.807, 2.05) is 0 Å². The molecule has 0 aliphatic rings. The Balaban J connectivity index is 4.76. The van der Waals surface area contributed by atoms with Crippen molar-refractivity contribution in [3.05, 3.63) is 0 Å². The molecule has 0 aromatic rings. The molecule has 0 aromatic heterocycles. The number of carbonyl (C=O) groups excluding carboxylic acids is 3. The van der Waals surface area contributed by atoms with Gasteiger partial charge >= 0.3 is 0 Å². The fourth-order valence-corrected chi connectivity index (χ4v) is 4.41. The Bertz CT molecular complexity index is 517. The summed E-state index contributed by atoms with van der Waals surface area (Å²) in [5, 5.41) is 3.02. The maximum Gasteiger partial charge on any atom is 0.243 e. The first-order valence-corrected chi connectivity index (χ1v) is 14.9. The molecular weight excluding hydrogens is 438 g/mol. The third-order valence-electron chi connectivity index (χ3n) is 6.65. The number of amides is 3. The number of nitrogens with one attached hydrogen (secondary N) is 1. The molecule has 3 N–H and O–H groups in total. The van der Waals surface area contributed by atoms with E-state index < -0.39 is 6.04 Å². The normalized spacial score (nSPS) is 11.9. The highest BCUT2D eigenvalue weighted by Crippen LogP contribution is 2.16. The summed E-state index contributed by atoms with van der Waals surface area (Å²) in [6, 6.07) is -0.745. The van der Waals surface area contributed by atoms with Crippen LogP contribution >= 0.6 is 0 Å². The van der Waals surface area contributed by atoms with Gasteiger partial charge in [0.05, 0.1) is 0 Å². The van der Waals surface area contributed by atoms with Crippen LogP contribution in [0, 0.1) is 0 Å². The van der Waals surface area contributed by atoms with Gasteiger partial charge in [-0.25, -0.2) is 0 Å². The molecule has 0 aliphatic heterocycles. The van der Waals surface area contributed by atoms with Crippen molar-refractivity contribution in [2.45, 2.75) is 155 Å². The molecule has 0 fully saturated rings. The monoisotopic (exact) mass is 495 g/mol. The molecule has 0 saturated heterocycles. The van der Waals surface area contributed by atoms with Gasteiger partial charge in [0.15, 0.2) is 0 Å². The van der Waals surface area contributed by atoms with Crippen LogP contribution < -0.4 is 11.1 Å². The van der Waals surface area contributed by atoms with Crippen LogP contribution in [0.25, 0.3) is 0 Å². The molecule has 6 heteroatoms. The first-order valence-electron chi connectivity index (χ1n) is 14.9. The summed E-state index contributed by atoms with van der Waals surface area (Å²) in [5.41, 5.74) is 5.72. The van der Waals surface area contributed by atoms with E-state index in [2.05, 4.69) is 26.1 Å². The van der Waals surface area contributed by atoms with E-state index in [9.17, 15) is 14.4 Å². The van der Waals surface area contributed by atoms with Crippen molar-refractivity contribution in [2.75, 3.05) is 13.1 Å². The molecule has 35 heavy (non-hydrogen) atoms. The minimum Gasteiger partial charge on any atom is -0.354 e. The SMILES string of the molecule is CCCCCCCCCCCCNC(=O)C(CCCN)N(C(=O)CCCCC)C(=O)CCCCC.